The van der Waals surface area contributed by atoms with E-state index in [4.69, 9.17) is 4.74 Å². The van der Waals surface area contributed by atoms with Gasteiger partial charge in [-0.3, -0.25) is 9.20 Å². The Kier molecular flexibility index (Phi) is 5.30. The van der Waals surface area contributed by atoms with Crippen LogP contribution in [0.4, 0.5) is 5.69 Å². The van der Waals surface area contributed by atoms with Crippen LogP contribution in [0.1, 0.15) is 6.92 Å². The van der Waals surface area contributed by atoms with Crippen molar-refractivity contribution in [2.45, 2.75) is 12.1 Å². The molecule has 3 rings (SSSR count). The van der Waals surface area contributed by atoms with Crippen LogP contribution in [0.25, 0.3) is 5.65 Å². The number of benzene rings is 1. The first-order chi connectivity index (χ1) is 12.2. The molecule has 25 heavy (non-hydrogen) atoms. The maximum atomic E-state index is 12.0. The molecule has 8 heteroatoms. The SMILES string of the molecule is CCOc1ccc(NC(=O)CSc2nc(=O)n3ccccc3n2)cc1. The van der Waals surface area contributed by atoms with Crippen molar-refractivity contribution in [3.63, 3.8) is 0 Å². The third kappa shape index (κ3) is 4.36. The maximum absolute atomic E-state index is 12.0. The molecule has 0 saturated carbocycles. The molecule has 2 heterocycles. The molecule has 0 aliphatic rings. The first kappa shape index (κ1) is 17.0. The van der Waals surface area contributed by atoms with Gasteiger partial charge in [0.25, 0.3) is 0 Å². The van der Waals surface area contributed by atoms with E-state index in [9.17, 15) is 9.59 Å². The van der Waals surface area contributed by atoms with Gasteiger partial charge in [-0.25, -0.2) is 9.78 Å². The van der Waals surface area contributed by atoms with Crippen LogP contribution in [0.2, 0.25) is 0 Å². The summed E-state index contributed by atoms with van der Waals surface area (Å²) in [5, 5.41) is 3.06. The molecule has 0 spiro atoms. The molecule has 3 aromatic rings. The van der Waals surface area contributed by atoms with Crippen molar-refractivity contribution >= 4 is 29.0 Å². The highest BCUT2D eigenvalue weighted by atomic mass is 32.2. The summed E-state index contributed by atoms with van der Waals surface area (Å²) in [7, 11) is 0. The van der Waals surface area contributed by atoms with Gasteiger partial charge in [-0.2, -0.15) is 4.98 Å². The second-order valence-corrected chi connectivity index (χ2v) is 5.95. The molecule has 1 N–H and O–H groups in total. The minimum atomic E-state index is -0.417. The Morgan fingerprint density at radius 2 is 2.00 bits per heavy atom. The number of rotatable bonds is 6. The van der Waals surface area contributed by atoms with E-state index in [-0.39, 0.29) is 16.8 Å². The summed E-state index contributed by atoms with van der Waals surface area (Å²) in [4.78, 5) is 32.1. The highest BCUT2D eigenvalue weighted by Gasteiger charge is 2.08. The number of carbonyl (C=O) groups is 1. The minimum absolute atomic E-state index is 0.107. The molecule has 0 saturated heterocycles. The van der Waals surface area contributed by atoms with E-state index in [0.717, 1.165) is 17.5 Å². The predicted molar refractivity (Wildman–Crippen MR) is 96.2 cm³/mol. The number of pyridine rings is 1. The lowest BCUT2D eigenvalue weighted by molar-refractivity contribution is -0.113. The molecule has 0 unspecified atom stereocenters. The summed E-state index contributed by atoms with van der Waals surface area (Å²) >= 11 is 1.12. The zero-order valence-electron chi connectivity index (χ0n) is 13.5. The number of anilines is 1. The number of nitrogens with one attached hydrogen (secondary N) is 1. The Morgan fingerprint density at radius 1 is 1.20 bits per heavy atom. The van der Waals surface area contributed by atoms with Crippen molar-refractivity contribution in [1.29, 1.82) is 0 Å². The smallest absolute Gasteiger partial charge is 0.355 e. The Hall–Kier alpha value is -2.87. The minimum Gasteiger partial charge on any atom is -0.494 e. The van der Waals surface area contributed by atoms with Gasteiger partial charge >= 0.3 is 5.69 Å². The zero-order valence-corrected chi connectivity index (χ0v) is 14.3. The number of nitrogens with zero attached hydrogens (tertiary/aromatic N) is 3. The molecule has 0 bridgehead atoms. The van der Waals surface area contributed by atoms with Crippen LogP contribution in [0.3, 0.4) is 0 Å². The summed E-state index contributed by atoms with van der Waals surface area (Å²) in [6.45, 7) is 2.50. The van der Waals surface area contributed by atoms with Crippen LogP contribution in [0.5, 0.6) is 5.75 Å². The molecular weight excluding hydrogens is 340 g/mol. The number of carbonyl (C=O) groups excluding carboxylic acids is 1. The second kappa shape index (κ2) is 7.80. The Bertz CT molecular complexity index is 941. The normalized spacial score (nSPS) is 10.6. The van der Waals surface area contributed by atoms with Crippen LogP contribution in [-0.2, 0) is 4.79 Å². The Morgan fingerprint density at radius 3 is 2.76 bits per heavy atom. The number of ether oxygens (including phenoxy) is 1. The fourth-order valence-electron chi connectivity index (χ4n) is 2.14. The highest BCUT2D eigenvalue weighted by Crippen LogP contribution is 2.17. The quantitative estimate of drug-likeness (QED) is 0.682. The summed E-state index contributed by atoms with van der Waals surface area (Å²) in [5.74, 6) is 0.654. The summed E-state index contributed by atoms with van der Waals surface area (Å²) in [6.07, 6.45) is 1.60. The number of thioether (sulfide) groups is 1. The molecule has 1 amide bonds. The predicted octanol–water partition coefficient (Wildman–Crippen LogP) is 2.22. The van der Waals surface area contributed by atoms with Gasteiger partial charge in [-0.1, -0.05) is 17.8 Å². The van der Waals surface area contributed by atoms with Crippen molar-refractivity contribution in [3.05, 3.63) is 59.1 Å². The van der Waals surface area contributed by atoms with E-state index < -0.39 is 5.69 Å². The van der Waals surface area contributed by atoms with Crippen LogP contribution < -0.4 is 15.7 Å². The van der Waals surface area contributed by atoms with E-state index in [0.29, 0.717) is 17.9 Å². The topological polar surface area (TPSA) is 85.6 Å². The standard InChI is InChI=1S/C17H16N4O3S/c1-2-24-13-8-6-12(7-9-13)18-15(22)11-25-16-19-14-5-3-4-10-21(14)17(23)20-16/h3-10H,2,11H2,1H3,(H,18,22). The number of amides is 1. The number of hydrogen-bond donors (Lipinski definition) is 1. The maximum Gasteiger partial charge on any atom is 0.355 e. The third-order valence-electron chi connectivity index (χ3n) is 3.23. The van der Waals surface area contributed by atoms with Crippen molar-refractivity contribution < 1.29 is 9.53 Å². The molecule has 1 aromatic carbocycles. The summed E-state index contributed by atoms with van der Waals surface area (Å²) in [5.41, 5.74) is 0.755. The first-order valence-corrected chi connectivity index (χ1v) is 8.65. The van der Waals surface area contributed by atoms with Gasteiger partial charge in [0.2, 0.25) is 5.91 Å². The first-order valence-electron chi connectivity index (χ1n) is 7.66. The lowest BCUT2D eigenvalue weighted by Crippen LogP contribution is -2.20. The van der Waals surface area contributed by atoms with Gasteiger partial charge in [0, 0.05) is 11.9 Å². The molecule has 0 atom stereocenters. The van der Waals surface area contributed by atoms with Crippen LogP contribution >= 0.6 is 11.8 Å². The monoisotopic (exact) mass is 356 g/mol. The van der Waals surface area contributed by atoms with Crippen LogP contribution in [0, 0.1) is 0 Å². The molecule has 2 aromatic heterocycles. The van der Waals surface area contributed by atoms with Gasteiger partial charge < -0.3 is 10.1 Å². The number of fused-ring (bicyclic) bond motifs is 1. The van der Waals surface area contributed by atoms with Gasteiger partial charge in [0.1, 0.15) is 11.4 Å². The molecule has 0 radical (unpaired) electrons. The molecule has 128 valence electrons. The lowest BCUT2D eigenvalue weighted by atomic mass is 10.3. The molecule has 0 aliphatic heterocycles. The average Bonchev–Trinajstić information content (AvgIpc) is 2.62. The van der Waals surface area contributed by atoms with Crippen molar-refractivity contribution in [2.24, 2.45) is 0 Å². The van der Waals surface area contributed by atoms with E-state index in [1.807, 2.05) is 6.92 Å². The molecular formula is C17H16N4O3S. The van der Waals surface area contributed by atoms with Gasteiger partial charge in [-0.15, -0.1) is 0 Å². The van der Waals surface area contributed by atoms with Crippen molar-refractivity contribution in [2.75, 3.05) is 17.7 Å². The fourth-order valence-corrected chi connectivity index (χ4v) is 2.77. The van der Waals surface area contributed by atoms with E-state index >= 15 is 0 Å². The summed E-state index contributed by atoms with van der Waals surface area (Å²) in [6, 6.07) is 12.4. The molecule has 0 aliphatic carbocycles. The van der Waals surface area contributed by atoms with Gasteiger partial charge in [0.05, 0.1) is 12.4 Å². The fraction of sp³-hybridized carbons (Fsp3) is 0.176. The number of hydrogen-bond acceptors (Lipinski definition) is 6. The second-order valence-electron chi connectivity index (χ2n) is 5.01. The van der Waals surface area contributed by atoms with Crippen LogP contribution in [-0.4, -0.2) is 32.6 Å². The van der Waals surface area contributed by atoms with E-state index in [1.54, 1.807) is 48.7 Å². The Labute approximate surface area is 148 Å². The van der Waals surface area contributed by atoms with Crippen molar-refractivity contribution in [1.82, 2.24) is 14.4 Å². The highest BCUT2D eigenvalue weighted by molar-refractivity contribution is 7.99. The van der Waals surface area contributed by atoms with Crippen LogP contribution in [0.15, 0.2) is 58.6 Å². The zero-order chi connectivity index (χ0) is 17.6. The van der Waals surface area contributed by atoms with Gasteiger partial charge in [-0.05, 0) is 43.3 Å². The lowest BCUT2D eigenvalue weighted by Gasteiger charge is -2.07. The summed E-state index contributed by atoms with van der Waals surface area (Å²) < 4.78 is 6.70. The molecule has 0 fully saturated rings. The Balaban J connectivity index is 1.61. The van der Waals surface area contributed by atoms with Gasteiger partial charge in [0.15, 0.2) is 5.16 Å². The van der Waals surface area contributed by atoms with E-state index in [2.05, 4.69) is 15.3 Å². The van der Waals surface area contributed by atoms with Crippen molar-refractivity contribution in [3.8, 4) is 5.75 Å². The molecule has 7 nitrogen and oxygen atoms in total. The average molecular weight is 356 g/mol. The number of aromatic nitrogens is 3. The third-order valence-corrected chi connectivity index (χ3v) is 4.07. The van der Waals surface area contributed by atoms with E-state index in [1.165, 1.54) is 4.40 Å². The largest absolute Gasteiger partial charge is 0.494 e.